The highest BCUT2D eigenvalue weighted by atomic mass is 32.2. The number of urea groups is 1. The molecule has 1 saturated heterocycles. The normalized spacial score (nSPS) is 14.4. The van der Waals surface area contributed by atoms with E-state index in [-0.39, 0.29) is 30.3 Å². The summed E-state index contributed by atoms with van der Waals surface area (Å²) in [5.74, 6) is 0.865. The molecule has 2 aromatic carbocycles. The summed E-state index contributed by atoms with van der Waals surface area (Å²) in [6.45, 7) is 9.51. The first-order chi connectivity index (χ1) is 19.5. The molecular weight excluding hydrogens is 540 g/mol. The molecule has 0 aliphatic carbocycles. The third-order valence-electron chi connectivity index (χ3n) is 7.58. The third kappa shape index (κ3) is 9.46. The van der Waals surface area contributed by atoms with Gasteiger partial charge in [-0.25, -0.2) is 13.2 Å². The lowest BCUT2D eigenvalue weighted by Gasteiger charge is -2.39. The van der Waals surface area contributed by atoms with Crippen LogP contribution in [0.2, 0.25) is 0 Å². The van der Waals surface area contributed by atoms with E-state index in [1.54, 1.807) is 36.3 Å². The van der Waals surface area contributed by atoms with Crippen LogP contribution in [0.5, 0.6) is 5.75 Å². The lowest BCUT2D eigenvalue weighted by molar-refractivity contribution is -0.135. The molecule has 0 spiro atoms. The molecule has 2 aromatic rings. The number of hydrogen-bond donors (Lipinski definition) is 1. The molecule has 226 valence electrons. The van der Waals surface area contributed by atoms with Gasteiger partial charge in [0.15, 0.2) is 0 Å². The van der Waals surface area contributed by atoms with Gasteiger partial charge in [0.2, 0.25) is 15.9 Å². The first-order valence-electron chi connectivity index (χ1n) is 14.6. The van der Waals surface area contributed by atoms with Gasteiger partial charge in [0.1, 0.15) is 5.75 Å². The molecule has 1 aliphatic rings. The molecule has 3 rings (SSSR count). The number of nitrogens with one attached hydrogen (secondary N) is 1. The van der Waals surface area contributed by atoms with E-state index < -0.39 is 10.0 Å². The summed E-state index contributed by atoms with van der Waals surface area (Å²) in [4.78, 5) is 30.4. The maximum absolute atomic E-state index is 13.9. The summed E-state index contributed by atoms with van der Waals surface area (Å²) in [6.07, 6.45) is 2.41. The fourth-order valence-corrected chi connectivity index (χ4v) is 6.46. The lowest BCUT2D eigenvalue weighted by Crippen LogP contribution is -2.52. The largest absolute Gasteiger partial charge is 0.497 e. The van der Waals surface area contributed by atoms with Crippen molar-refractivity contribution < 1.29 is 22.7 Å². The van der Waals surface area contributed by atoms with Gasteiger partial charge in [-0.05, 0) is 73.9 Å². The number of rotatable bonds is 13. The van der Waals surface area contributed by atoms with Crippen LogP contribution in [0, 0.1) is 12.8 Å². The van der Waals surface area contributed by atoms with E-state index in [1.807, 2.05) is 43.0 Å². The Labute approximate surface area is 245 Å². The van der Waals surface area contributed by atoms with Crippen LogP contribution in [-0.4, -0.2) is 79.5 Å². The summed E-state index contributed by atoms with van der Waals surface area (Å²) in [7, 11) is -1.95. The van der Waals surface area contributed by atoms with Crippen LogP contribution in [0.4, 0.5) is 10.5 Å². The van der Waals surface area contributed by atoms with Crippen molar-refractivity contribution in [2.75, 3.05) is 44.4 Å². The minimum atomic E-state index is -3.55. The molecule has 1 heterocycles. The van der Waals surface area contributed by atoms with Crippen molar-refractivity contribution in [1.82, 2.24) is 14.1 Å². The highest BCUT2D eigenvalue weighted by molar-refractivity contribution is 7.89. The highest BCUT2D eigenvalue weighted by Gasteiger charge is 2.33. The molecule has 0 atom stereocenters. The van der Waals surface area contributed by atoms with Crippen molar-refractivity contribution in [3.63, 3.8) is 0 Å². The Hall–Kier alpha value is -3.11. The first kappa shape index (κ1) is 32.4. The van der Waals surface area contributed by atoms with E-state index in [0.29, 0.717) is 69.2 Å². The Morgan fingerprint density at radius 2 is 1.73 bits per heavy atom. The monoisotopic (exact) mass is 586 g/mol. The molecule has 0 unspecified atom stereocenters. The molecule has 3 amide bonds. The molecule has 0 radical (unpaired) electrons. The van der Waals surface area contributed by atoms with Crippen LogP contribution in [0.1, 0.15) is 57.6 Å². The van der Waals surface area contributed by atoms with Crippen LogP contribution in [0.3, 0.4) is 0 Å². The maximum atomic E-state index is 13.9. The van der Waals surface area contributed by atoms with Crippen molar-refractivity contribution in [3.05, 3.63) is 59.7 Å². The van der Waals surface area contributed by atoms with Gasteiger partial charge in [-0.2, -0.15) is 4.31 Å². The minimum Gasteiger partial charge on any atom is -0.497 e. The predicted octanol–water partition coefficient (Wildman–Crippen LogP) is 5.12. The number of sulfonamides is 1. The topological polar surface area (TPSA) is 99.3 Å². The summed E-state index contributed by atoms with van der Waals surface area (Å²) in [6, 6.07) is 14.8. The number of methoxy groups -OCH3 is 1. The highest BCUT2D eigenvalue weighted by Crippen LogP contribution is 2.23. The van der Waals surface area contributed by atoms with Gasteiger partial charge in [0.05, 0.1) is 19.4 Å². The molecule has 9 nitrogen and oxygen atoms in total. The number of nitrogens with zero attached hydrogens (tertiary/aromatic N) is 3. The molecule has 1 fully saturated rings. The van der Waals surface area contributed by atoms with E-state index in [4.69, 9.17) is 4.74 Å². The van der Waals surface area contributed by atoms with Crippen LogP contribution >= 0.6 is 0 Å². The van der Waals surface area contributed by atoms with E-state index in [9.17, 15) is 18.0 Å². The van der Waals surface area contributed by atoms with E-state index in [0.717, 1.165) is 11.1 Å². The Morgan fingerprint density at radius 3 is 2.32 bits per heavy atom. The minimum absolute atomic E-state index is 0.0257. The number of anilines is 1. The number of hydrogen-bond acceptors (Lipinski definition) is 5. The van der Waals surface area contributed by atoms with E-state index in [1.165, 1.54) is 4.31 Å². The molecule has 0 saturated carbocycles. The fraction of sp³-hybridized carbons (Fsp3) is 0.548. The lowest BCUT2D eigenvalue weighted by atomic mass is 10.0. The first-order valence-corrected chi connectivity index (χ1v) is 16.2. The average molecular weight is 587 g/mol. The summed E-state index contributed by atoms with van der Waals surface area (Å²) < 4.78 is 32.7. The molecule has 10 heteroatoms. The van der Waals surface area contributed by atoms with Crippen molar-refractivity contribution in [2.45, 2.75) is 66.0 Å². The van der Waals surface area contributed by atoms with Gasteiger partial charge < -0.3 is 19.9 Å². The second-order valence-electron chi connectivity index (χ2n) is 11.2. The smallest absolute Gasteiger partial charge is 0.321 e. The van der Waals surface area contributed by atoms with Gasteiger partial charge >= 0.3 is 6.03 Å². The van der Waals surface area contributed by atoms with Gasteiger partial charge in [-0.15, -0.1) is 0 Å². The van der Waals surface area contributed by atoms with Crippen molar-refractivity contribution in [2.24, 2.45) is 5.92 Å². The van der Waals surface area contributed by atoms with Crippen molar-refractivity contribution in [3.8, 4) is 5.75 Å². The molecule has 1 N–H and O–H groups in total. The summed E-state index contributed by atoms with van der Waals surface area (Å²) >= 11 is 0. The molecular formula is C31H46N4O5S. The van der Waals surface area contributed by atoms with Crippen LogP contribution in [-0.2, 0) is 21.4 Å². The quantitative estimate of drug-likeness (QED) is 0.351. The predicted molar refractivity (Wildman–Crippen MR) is 163 cm³/mol. The van der Waals surface area contributed by atoms with Crippen LogP contribution in [0.15, 0.2) is 48.5 Å². The number of ether oxygens (including phenoxy) is 1. The second-order valence-corrected chi connectivity index (χ2v) is 13.2. The number of benzene rings is 2. The van der Waals surface area contributed by atoms with Crippen LogP contribution in [0.25, 0.3) is 0 Å². The number of carbonyl (C=O) groups excluding carboxylic acids is 2. The Kier molecular flexibility index (Phi) is 12.0. The summed E-state index contributed by atoms with van der Waals surface area (Å²) in [5.41, 5.74) is 2.80. The second kappa shape index (κ2) is 15.2. The number of amides is 3. The van der Waals surface area contributed by atoms with Gasteiger partial charge in [-0.3, -0.25) is 4.79 Å². The summed E-state index contributed by atoms with van der Waals surface area (Å²) in [5, 5.41) is 2.93. The van der Waals surface area contributed by atoms with Gasteiger partial charge in [-0.1, -0.05) is 45.0 Å². The molecule has 1 aliphatic heterocycles. The van der Waals surface area contributed by atoms with E-state index in [2.05, 4.69) is 19.2 Å². The van der Waals surface area contributed by atoms with E-state index >= 15 is 0 Å². The van der Waals surface area contributed by atoms with Crippen molar-refractivity contribution in [1.29, 1.82) is 0 Å². The zero-order valence-corrected chi connectivity index (χ0v) is 26.0. The molecule has 41 heavy (non-hydrogen) atoms. The molecule has 0 bridgehead atoms. The SMILES string of the molecule is CCCS(=O)(=O)N(CCC(C)C)CC(=O)N(Cc1ccccc1C)C1CCN(C(=O)Nc2ccc(OC)cc2)CC1. The maximum Gasteiger partial charge on any atom is 0.321 e. The van der Waals surface area contributed by atoms with Crippen LogP contribution < -0.4 is 10.1 Å². The van der Waals surface area contributed by atoms with Gasteiger partial charge in [0, 0.05) is 37.9 Å². The average Bonchev–Trinajstić information content (AvgIpc) is 2.95. The zero-order chi connectivity index (χ0) is 30.0. The number of likely N-dealkylation sites (tertiary alicyclic amines) is 1. The Bertz CT molecular complexity index is 1240. The standard InChI is InChI=1S/C31H46N4O5S/c1-6-21-41(38,39)34(20-15-24(2)3)23-30(36)35(22-26-10-8-7-9-25(26)4)28-16-18-33(19-17-28)31(37)32-27-11-13-29(40-5)14-12-27/h7-14,24,28H,6,15-23H2,1-5H3,(H,32,37). The Balaban J connectivity index is 1.74. The third-order valence-corrected chi connectivity index (χ3v) is 9.60. The van der Waals surface area contributed by atoms with Crippen molar-refractivity contribution >= 4 is 27.6 Å². The number of piperidine rings is 1. The number of aryl methyl sites for hydroxylation is 1. The number of carbonyl (C=O) groups is 2. The Morgan fingerprint density at radius 1 is 1.07 bits per heavy atom. The fourth-order valence-electron chi connectivity index (χ4n) is 5.00. The van der Waals surface area contributed by atoms with Gasteiger partial charge in [0.25, 0.3) is 0 Å². The zero-order valence-electron chi connectivity index (χ0n) is 25.1. The molecule has 0 aromatic heterocycles.